The van der Waals surface area contributed by atoms with Crippen molar-refractivity contribution >= 4 is 38.2 Å². The molecule has 1 N–H and O–H groups in total. The summed E-state index contributed by atoms with van der Waals surface area (Å²) in [5.74, 6) is 0. The molecule has 0 unspecified atom stereocenters. The smallest absolute Gasteiger partial charge is 0.229 e. The number of halogens is 1. The molecule has 0 saturated carbocycles. The third-order valence-corrected chi connectivity index (χ3v) is 5.31. The van der Waals surface area contributed by atoms with Gasteiger partial charge in [-0.25, -0.2) is 13.4 Å². The summed E-state index contributed by atoms with van der Waals surface area (Å²) in [6, 6.07) is 13.5. The Balaban J connectivity index is 1.86. The average Bonchev–Trinajstić information content (AvgIpc) is 2.68. The maximum absolute atomic E-state index is 11.6. The van der Waals surface area contributed by atoms with Gasteiger partial charge in [-0.2, -0.15) is 0 Å². The van der Waals surface area contributed by atoms with Gasteiger partial charge in [-0.1, -0.05) is 17.7 Å². The topological polar surface area (TPSA) is 84.8 Å². The van der Waals surface area contributed by atoms with E-state index in [-0.39, 0.29) is 10.8 Å². The van der Waals surface area contributed by atoms with E-state index in [0.29, 0.717) is 0 Å². The number of hydrogen-bond donors (Lipinski definition) is 1. The van der Waals surface area contributed by atoms with E-state index in [2.05, 4.69) is 19.7 Å². The van der Waals surface area contributed by atoms with Crippen molar-refractivity contribution in [3.05, 3.63) is 71.9 Å². The first-order valence-electron chi connectivity index (χ1n) is 8.76. The van der Waals surface area contributed by atoms with E-state index in [9.17, 15) is 8.42 Å². The van der Waals surface area contributed by atoms with Crippen LogP contribution in [0, 0.1) is 6.92 Å². The summed E-state index contributed by atoms with van der Waals surface area (Å²) < 4.78 is 25.6. The molecule has 0 spiro atoms. The van der Waals surface area contributed by atoms with E-state index in [1.54, 1.807) is 24.7 Å². The molecule has 0 aliphatic rings. The molecular weight excluding hydrogens is 408 g/mol. The summed E-state index contributed by atoms with van der Waals surface area (Å²) in [7, 11) is -3.47. The quantitative estimate of drug-likeness (QED) is 0.480. The predicted octanol–water partition coefficient (Wildman–Crippen LogP) is 4.69. The van der Waals surface area contributed by atoms with Crippen LogP contribution < -0.4 is 4.72 Å². The molecule has 0 amide bonds. The Morgan fingerprint density at radius 3 is 2.45 bits per heavy atom. The van der Waals surface area contributed by atoms with Gasteiger partial charge in [-0.05, 0) is 60.0 Å². The Labute approximate surface area is 173 Å². The number of aryl methyl sites for hydroxylation is 1. The first-order chi connectivity index (χ1) is 13.8. The molecule has 4 aromatic rings. The number of hydrogen-bond acceptors (Lipinski definition) is 5. The standard InChI is InChI=1S/C21H17ClN4O2S/c1-13-9-15(5-7-23-13)17-6-8-24-19-4-3-14(10-18(17)19)16-11-20(21(22)25-12-16)26-29(2,27)28/h3-12,26H,1-2H3. The van der Waals surface area contributed by atoms with Crippen molar-refractivity contribution in [2.24, 2.45) is 0 Å². The molecule has 1 aromatic carbocycles. The van der Waals surface area contributed by atoms with Gasteiger partial charge in [0, 0.05) is 35.2 Å². The second kappa shape index (κ2) is 7.42. The highest BCUT2D eigenvalue weighted by molar-refractivity contribution is 7.92. The van der Waals surface area contributed by atoms with Crippen LogP contribution in [0.1, 0.15) is 5.69 Å². The van der Waals surface area contributed by atoms with Crippen LogP contribution >= 0.6 is 11.6 Å². The second-order valence-corrected chi connectivity index (χ2v) is 8.82. The molecule has 0 aliphatic heterocycles. The SMILES string of the molecule is Cc1cc(-c2ccnc3ccc(-c4cnc(Cl)c(NS(C)(=O)=O)c4)cc23)ccn1. The molecule has 0 fully saturated rings. The van der Waals surface area contributed by atoms with Gasteiger partial charge in [0.25, 0.3) is 0 Å². The Kier molecular flexibility index (Phi) is 4.94. The fourth-order valence-corrected chi connectivity index (χ4v) is 3.93. The summed E-state index contributed by atoms with van der Waals surface area (Å²) in [5, 5.41) is 1.07. The maximum atomic E-state index is 11.6. The van der Waals surface area contributed by atoms with Gasteiger partial charge in [0.1, 0.15) is 0 Å². The number of nitrogens with zero attached hydrogens (tertiary/aromatic N) is 3. The molecule has 0 saturated heterocycles. The summed E-state index contributed by atoms with van der Waals surface area (Å²) in [5.41, 5.74) is 5.73. The minimum atomic E-state index is -3.47. The molecular formula is C21H17ClN4O2S. The van der Waals surface area contributed by atoms with Crippen LogP contribution in [0.5, 0.6) is 0 Å². The highest BCUT2D eigenvalue weighted by Crippen LogP contribution is 2.33. The average molecular weight is 425 g/mol. The van der Waals surface area contributed by atoms with E-state index in [1.807, 2.05) is 43.3 Å². The number of aromatic nitrogens is 3. The molecule has 6 nitrogen and oxygen atoms in total. The Bertz CT molecular complexity index is 1340. The van der Waals surface area contributed by atoms with Gasteiger partial charge >= 0.3 is 0 Å². The number of benzene rings is 1. The van der Waals surface area contributed by atoms with Gasteiger partial charge in [-0.15, -0.1) is 0 Å². The van der Waals surface area contributed by atoms with Gasteiger partial charge in [0.15, 0.2) is 5.15 Å². The summed E-state index contributed by atoms with van der Waals surface area (Å²) in [6.45, 7) is 1.95. The van der Waals surface area contributed by atoms with Crippen molar-refractivity contribution in [2.45, 2.75) is 6.92 Å². The normalized spacial score (nSPS) is 11.6. The number of sulfonamides is 1. The molecule has 0 atom stereocenters. The fourth-order valence-electron chi connectivity index (χ4n) is 3.17. The molecule has 29 heavy (non-hydrogen) atoms. The molecule has 0 bridgehead atoms. The van der Waals surface area contributed by atoms with E-state index < -0.39 is 10.0 Å². The van der Waals surface area contributed by atoms with Crippen LogP contribution in [0.15, 0.2) is 61.1 Å². The first kappa shape index (κ1) is 19.3. The lowest BCUT2D eigenvalue weighted by atomic mass is 9.98. The van der Waals surface area contributed by atoms with Gasteiger partial charge in [-0.3, -0.25) is 14.7 Å². The van der Waals surface area contributed by atoms with Crippen LogP contribution in [0.2, 0.25) is 5.15 Å². The van der Waals surface area contributed by atoms with Crippen LogP contribution in [0.3, 0.4) is 0 Å². The molecule has 146 valence electrons. The number of anilines is 1. The third-order valence-electron chi connectivity index (χ3n) is 4.42. The molecule has 3 aromatic heterocycles. The summed E-state index contributed by atoms with van der Waals surface area (Å²) >= 11 is 6.05. The summed E-state index contributed by atoms with van der Waals surface area (Å²) in [4.78, 5) is 12.9. The predicted molar refractivity (Wildman–Crippen MR) is 116 cm³/mol. The van der Waals surface area contributed by atoms with E-state index >= 15 is 0 Å². The second-order valence-electron chi connectivity index (χ2n) is 6.71. The molecule has 8 heteroatoms. The van der Waals surface area contributed by atoms with Crippen molar-refractivity contribution in [2.75, 3.05) is 11.0 Å². The maximum Gasteiger partial charge on any atom is 0.229 e. The Morgan fingerprint density at radius 2 is 1.69 bits per heavy atom. The zero-order chi connectivity index (χ0) is 20.6. The highest BCUT2D eigenvalue weighted by atomic mass is 35.5. The minimum absolute atomic E-state index is 0.0922. The molecule has 0 aliphatic carbocycles. The van der Waals surface area contributed by atoms with E-state index in [0.717, 1.165) is 45.1 Å². The van der Waals surface area contributed by atoms with Gasteiger partial charge in [0.05, 0.1) is 17.5 Å². The minimum Gasteiger partial charge on any atom is -0.281 e. The van der Waals surface area contributed by atoms with E-state index in [1.165, 1.54) is 0 Å². The van der Waals surface area contributed by atoms with Crippen molar-refractivity contribution in [1.29, 1.82) is 0 Å². The molecule has 4 rings (SSSR count). The van der Waals surface area contributed by atoms with Crippen LogP contribution in [0.4, 0.5) is 5.69 Å². The number of nitrogens with one attached hydrogen (secondary N) is 1. The van der Waals surface area contributed by atoms with Crippen molar-refractivity contribution < 1.29 is 8.42 Å². The van der Waals surface area contributed by atoms with Crippen LogP contribution in [-0.2, 0) is 10.0 Å². The first-order valence-corrected chi connectivity index (χ1v) is 11.0. The zero-order valence-electron chi connectivity index (χ0n) is 15.7. The van der Waals surface area contributed by atoms with Crippen molar-refractivity contribution in [3.63, 3.8) is 0 Å². The highest BCUT2D eigenvalue weighted by Gasteiger charge is 2.12. The zero-order valence-corrected chi connectivity index (χ0v) is 17.3. The monoisotopic (exact) mass is 424 g/mol. The van der Waals surface area contributed by atoms with Crippen LogP contribution in [-0.4, -0.2) is 29.6 Å². The van der Waals surface area contributed by atoms with Crippen molar-refractivity contribution in [1.82, 2.24) is 15.0 Å². The van der Waals surface area contributed by atoms with Gasteiger partial charge < -0.3 is 0 Å². The lowest BCUT2D eigenvalue weighted by Gasteiger charge is -2.11. The summed E-state index contributed by atoms with van der Waals surface area (Å²) in [6.07, 6.45) is 6.25. The third kappa shape index (κ3) is 4.21. The molecule has 0 radical (unpaired) electrons. The van der Waals surface area contributed by atoms with Gasteiger partial charge in [0.2, 0.25) is 10.0 Å². The Morgan fingerprint density at radius 1 is 0.897 bits per heavy atom. The number of rotatable bonds is 4. The van der Waals surface area contributed by atoms with E-state index in [4.69, 9.17) is 11.6 Å². The van der Waals surface area contributed by atoms with Crippen LogP contribution in [0.25, 0.3) is 33.2 Å². The number of fused-ring (bicyclic) bond motifs is 1. The Hall–Kier alpha value is -3.03. The largest absolute Gasteiger partial charge is 0.281 e. The lowest BCUT2D eigenvalue weighted by molar-refractivity contribution is 0.607. The fraction of sp³-hybridized carbons (Fsp3) is 0.0952. The van der Waals surface area contributed by atoms with Crippen molar-refractivity contribution in [3.8, 4) is 22.3 Å². The molecule has 3 heterocycles. The lowest BCUT2D eigenvalue weighted by Crippen LogP contribution is -2.10. The number of pyridine rings is 3.